The highest BCUT2D eigenvalue weighted by Crippen LogP contribution is 2.34. The lowest BCUT2D eigenvalue weighted by atomic mass is 9.96. The Balaban J connectivity index is 1.50. The lowest BCUT2D eigenvalue weighted by Gasteiger charge is -2.37. The Labute approximate surface area is 182 Å². The van der Waals surface area contributed by atoms with Crippen molar-refractivity contribution in [1.82, 2.24) is 9.88 Å². The van der Waals surface area contributed by atoms with E-state index in [4.69, 9.17) is 5.11 Å². The van der Waals surface area contributed by atoms with Crippen LogP contribution in [-0.4, -0.2) is 34.0 Å². The first-order chi connectivity index (χ1) is 14.4. The fraction of sp³-hybridized carbons (Fsp3) is 0.360. The van der Waals surface area contributed by atoms with E-state index in [1.54, 1.807) is 11.3 Å². The summed E-state index contributed by atoms with van der Waals surface area (Å²) in [6.45, 7) is 8.70. The van der Waals surface area contributed by atoms with E-state index in [0.717, 1.165) is 23.5 Å². The van der Waals surface area contributed by atoms with Crippen LogP contribution in [0.2, 0.25) is 0 Å². The molecule has 1 aliphatic rings. The van der Waals surface area contributed by atoms with Gasteiger partial charge >= 0.3 is 5.97 Å². The fourth-order valence-electron chi connectivity index (χ4n) is 3.91. The van der Waals surface area contributed by atoms with Gasteiger partial charge in [-0.3, -0.25) is 9.69 Å². The summed E-state index contributed by atoms with van der Waals surface area (Å²) in [4.78, 5) is 19.1. The molecule has 0 unspecified atom stereocenters. The number of benzene rings is 2. The zero-order valence-electron chi connectivity index (χ0n) is 17.8. The molecule has 1 aromatic heterocycles. The SMILES string of the molecule is CCc1cc(-c2ncc(-c3ccc(C(C)C)cc3)s2)ccc1CN1CC(C(=O)O)C1. The minimum atomic E-state index is -0.685. The molecule has 4 nitrogen and oxygen atoms in total. The maximum atomic E-state index is 11.0. The molecule has 2 aromatic carbocycles. The molecule has 0 bridgehead atoms. The first kappa shape index (κ1) is 20.8. The van der Waals surface area contributed by atoms with E-state index < -0.39 is 5.97 Å². The molecule has 0 atom stereocenters. The van der Waals surface area contributed by atoms with Crippen molar-refractivity contribution in [3.63, 3.8) is 0 Å². The Morgan fingerprint density at radius 2 is 1.83 bits per heavy atom. The van der Waals surface area contributed by atoms with E-state index in [2.05, 4.69) is 73.1 Å². The van der Waals surface area contributed by atoms with Crippen LogP contribution in [0.3, 0.4) is 0 Å². The van der Waals surface area contributed by atoms with Crippen molar-refractivity contribution in [2.45, 2.75) is 39.7 Å². The Kier molecular flexibility index (Phi) is 6.02. The normalized spacial score (nSPS) is 14.8. The van der Waals surface area contributed by atoms with Crippen molar-refractivity contribution < 1.29 is 9.90 Å². The van der Waals surface area contributed by atoms with Crippen LogP contribution in [0, 0.1) is 5.92 Å². The van der Waals surface area contributed by atoms with Gasteiger partial charge in [-0.15, -0.1) is 11.3 Å². The van der Waals surface area contributed by atoms with Gasteiger partial charge in [-0.2, -0.15) is 0 Å². The molecular formula is C25H28N2O2S. The van der Waals surface area contributed by atoms with Gasteiger partial charge in [-0.05, 0) is 40.7 Å². The second-order valence-electron chi connectivity index (χ2n) is 8.37. The second-order valence-corrected chi connectivity index (χ2v) is 9.40. The van der Waals surface area contributed by atoms with Gasteiger partial charge in [0.25, 0.3) is 0 Å². The predicted octanol–water partition coefficient (Wildman–Crippen LogP) is 5.68. The van der Waals surface area contributed by atoms with Gasteiger partial charge in [0.15, 0.2) is 0 Å². The predicted molar refractivity (Wildman–Crippen MR) is 123 cm³/mol. The van der Waals surface area contributed by atoms with Crippen LogP contribution < -0.4 is 0 Å². The van der Waals surface area contributed by atoms with Gasteiger partial charge < -0.3 is 5.11 Å². The number of carboxylic acids is 1. The summed E-state index contributed by atoms with van der Waals surface area (Å²) >= 11 is 1.72. The van der Waals surface area contributed by atoms with E-state index in [-0.39, 0.29) is 5.92 Å². The molecular weight excluding hydrogens is 392 g/mol. The van der Waals surface area contributed by atoms with Crippen LogP contribution >= 0.6 is 11.3 Å². The molecule has 0 amide bonds. The topological polar surface area (TPSA) is 53.4 Å². The van der Waals surface area contributed by atoms with Crippen LogP contribution in [0.5, 0.6) is 0 Å². The molecule has 3 aromatic rings. The smallest absolute Gasteiger partial charge is 0.309 e. The summed E-state index contributed by atoms with van der Waals surface area (Å²) < 4.78 is 0. The zero-order valence-corrected chi connectivity index (χ0v) is 18.6. The van der Waals surface area contributed by atoms with Crippen molar-refractivity contribution in [1.29, 1.82) is 0 Å². The van der Waals surface area contributed by atoms with E-state index in [1.807, 2.05) is 6.20 Å². The fourth-order valence-corrected chi connectivity index (χ4v) is 4.83. The number of thiazole rings is 1. The molecule has 2 heterocycles. The van der Waals surface area contributed by atoms with Crippen LogP contribution in [0.15, 0.2) is 48.7 Å². The van der Waals surface area contributed by atoms with Crippen molar-refractivity contribution in [2.75, 3.05) is 13.1 Å². The first-order valence-electron chi connectivity index (χ1n) is 10.6. The third kappa shape index (κ3) is 4.32. The molecule has 0 radical (unpaired) electrons. The molecule has 1 aliphatic heterocycles. The number of nitrogens with zero attached hydrogens (tertiary/aromatic N) is 2. The lowest BCUT2D eigenvalue weighted by Crippen LogP contribution is -2.49. The number of aliphatic carboxylic acids is 1. The molecule has 1 N–H and O–H groups in total. The summed E-state index contributed by atoms with van der Waals surface area (Å²) in [5.74, 6) is -0.359. The first-order valence-corrected chi connectivity index (χ1v) is 11.4. The molecule has 0 aliphatic carbocycles. The molecule has 30 heavy (non-hydrogen) atoms. The quantitative estimate of drug-likeness (QED) is 0.534. The van der Waals surface area contributed by atoms with Crippen molar-refractivity contribution in [3.8, 4) is 21.0 Å². The number of carboxylic acid groups (broad SMARTS) is 1. The zero-order chi connectivity index (χ0) is 21.3. The second kappa shape index (κ2) is 8.70. The molecule has 5 heteroatoms. The number of rotatable bonds is 7. The van der Waals surface area contributed by atoms with E-state index in [9.17, 15) is 4.79 Å². The van der Waals surface area contributed by atoms with Crippen LogP contribution in [0.25, 0.3) is 21.0 Å². The summed E-state index contributed by atoms with van der Waals surface area (Å²) in [7, 11) is 0. The summed E-state index contributed by atoms with van der Waals surface area (Å²) in [6, 6.07) is 15.3. The van der Waals surface area contributed by atoms with E-state index in [0.29, 0.717) is 19.0 Å². The Hall–Kier alpha value is -2.50. The number of aryl methyl sites for hydroxylation is 1. The number of likely N-dealkylation sites (tertiary alicyclic amines) is 1. The monoisotopic (exact) mass is 420 g/mol. The maximum absolute atomic E-state index is 11.0. The average molecular weight is 421 g/mol. The molecule has 0 saturated carbocycles. The third-order valence-corrected chi connectivity index (χ3v) is 7.00. The third-order valence-electron chi connectivity index (χ3n) is 5.90. The number of hydrogen-bond donors (Lipinski definition) is 1. The Bertz CT molecular complexity index is 1030. The van der Waals surface area contributed by atoms with E-state index in [1.165, 1.54) is 27.1 Å². The minimum absolute atomic E-state index is 0.210. The van der Waals surface area contributed by atoms with Crippen LogP contribution in [-0.2, 0) is 17.8 Å². The standard InChI is InChI=1S/C25H28N2O2S/c1-4-17-11-20(9-10-21(17)13-27-14-22(15-27)25(28)29)24-26-12-23(30-24)19-7-5-18(6-8-19)16(2)3/h5-12,16,22H,4,13-15H2,1-3H3,(H,28,29). The highest BCUT2D eigenvalue weighted by atomic mass is 32.1. The number of carbonyl (C=O) groups is 1. The highest BCUT2D eigenvalue weighted by Gasteiger charge is 2.32. The van der Waals surface area contributed by atoms with Crippen LogP contribution in [0.4, 0.5) is 0 Å². The maximum Gasteiger partial charge on any atom is 0.309 e. The van der Waals surface area contributed by atoms with Crippen molar-refractivity contribution >= 4 is 17.3 Å². The van der Waals surface area contributed by atoms with Gasteiger partial charge in [0.2, 0.25) is 0 Å². The van der Waals surface area contributed by atoms with Crippen LogP contribution in [0.1, 0.15) is 43.4 Å². The molecule has 1 fully saturated rings. The molecule has 4 rings (SSSR count). The Morgan fingerprint density at radius 3 is 2.47 bits per heavy atom. The molecule has 1 saturated heterocycles. The van der Waals surface area contributed by atoms with Gasteiger partial charge in [0, 0.05) is 31.4 Å². The summed E-state index contributed by atoms with van der Waals surface area (Å²) in [6.07, 6.45) is 2.92. The number of hydrogen-bond acceptors (Lipinski definition) is 4. The van der Waals surface area contributed by atoms with Crippen molar-refractivity contribution in [2.24, 2.45) is 5.92 Å². The highest BCUT2D eigenvalue weighted by molar-refractivity contribution is 7.18. The van der Waals surface area contributed by atoms with Gasteiger partial charge in [-0.25, -0.2) is 4.98 Å². The Morgan fingerprint density at radius 1 is 1.13 bits per heavy atom. The van der Waals surface area contributed by atoms with Gasteiger partial charge in [-0.1, -0.05) is 57.2 Å². The lowest BCUT2D eigenvalue weighted by molar-refractivity contribution is -0.147. The summed E-state index contributed by atoms with van der Waals surface area (Å²) in [5.41, 5.74) is 6.30. The average Bonchev–Trinajstić information content (AvgIpc) is 3.20. The largest absolute Gasteiger partial charge is 0.481 e. The number of aromatic nitrogens is 1. The molecule has 156 valence electrons. The minimum Gasteiger partial charge on any atom is -0.481 e. The van der Waals surface area contributed by atoms with E-state index >= 15 is 0 Å². The van der Waals surface area contributed by atoms with Crippen molar-refractivity contribution in [3.05, 3.63) is 65.4 Å². The van der Waals surface area contributed by atoms with Gasteiger partial charge in [0.1, 0.15) is 5.01 Å². The molecule has 0 spiro atoms. The van der Waals surface area contributed by atoms with Gasteiger partial charge in [0.05, 0.1) is 10.8 Å². The summed E-state index contributed by atoms with van der Waals surface area (Å²) in [5, 5.41) is 10.1.